The molecule has 0 saturated heterocycles. The van der Waals surface area contributed by atoms with Gasteiger partial charge in [-0.15, -0.1) is 0 Å². The zero-order chi connectivity index (χ0) is 7.84. The maximum atomic E-state index is 5.58. The summed E-state index contributed by atoms with van der Waals surface area (Å²) in [6, 6.07) is 0. The van der Waals surface area contributed by atoms with Crippen LogP contribution in [0.15, 0.2) is 4.99 Å². The third-order valence-electron chi connectivity index (χ3n) is 1.55. The van der Waals surface area contributed by atoms with Crippen LogP contribution in [0, 0.1) is 4.77 Å². The largest absolute Gasteiger partial charge is 0.383 e. The second-order valence-corrected chi connectivity index (χ2v) is 2.68. The number of hydrogen-bond acceptors (Lipinski definition) is 4. The van der Waals surface area contributed by atoms with Gasteiger partial charge in [0.15, 0.2) is 4.77 Å². The normalized spacial score (nSPS) is 13.5. The van der Waals surface area contributed by atoms with Gasteiger partial charge in [0.1, 0.15) is 5.82 Å². The Morgan fingerprint density at radius 1 is 1.64 bits per heavy atom. The molecule has 1 aromatic rings. The lowest BCUT2D eigenvalue weighted by Crippen LogP contribution is -2.01. The van der Waals surface area contributed by atoms with Gasteiger partial charge in [-0.2, -0.15) is 0 Å². The Labute approximate surface area is 68.2 Å². The number of hydrogen-bond donors (Lipinski definition) is 2. The second kappa shape index (κ2) is 2.13. The molecular weight excluding hydrogens is 160 g/mol. The Bertz CT molecular complexity index is 379. The van der Waals surface area contributed by atoms with Crippen molar-refractivity contribution < 1.29 is 0 Å². The van der Waals surface area contributed by atoms with Crippen LogP contribution in [0.2, 0.25) is 0 Å². The van der Waals surface area contributed by atoms with Crippen molar-refractivity contribution in [2.24, 2.45) is 4.99 Å². The molecule has 56 valence electrons. The van der Waals surface area contributed by atoms with Crippen LogP contribution in [-0.4, -0.2) is 16.2 Å². The van der Waals surface area contributed by atoms with Gasteiger partial charge in [0.05, 0.1) is 17.8 Å². The van der Waals surface area contributed by atoms with E-state index in [0.717, 1.165) is 11.3 Å². The third-order valence-corrected chi connectivity index (χ3v) is 1.74. The number of aromatic nitrogens is 2. The van der Waals surface area contributed by atoms with Gasteiger partial charge < -0.3 is 10.7 Å². The number of nitrogens with zero attached hydrogens (tertiary/aromatic N) is 2. The van der Waals surface area contributed by atoms with Crippen LogP contribution in [0.3, 0.4) is 0 Å². The predicted molar refractivity (Wildman–Crippen MR) is 45.1 cm³/mol. The van der Waals surface area contributed by atoms with Crippen molar-refractivity contribution in [3.63, 3.8) is 0 Å². The summed E-state index contributed by atoms with van der Waals surface area (Å²) in [5.74, 6) is 0.463. The Morgan fingerprint density at radius 2 is 2.45 bits per heavy atom. The zero-order valence-corrected chi connectivity index (χ0v) is 6.48. The van der Waals surface area contributed by atoms with Crippen LogP contribution in [0.25, 0.3) is 0 Å². The van der Waals surface area contributed by atoms with E-state index in [1.54, 1.807) is 6.21 Å². The van der Waals surface area contributed by atoms with E-state index in [0.29, 0.717) is 17.1 Å². The number of aliphatic imine (C=N–C) groups is 1. The molecule has 0 fully saturated rings. The Morgan fingerprint density at radius 3 is 3.27 bits per heavy atom. The summed E-state index contributed by atoms with van der Waals surface area (Å²) in [5.41, 5.74) is 7.42. The summed E-state index contributed by atoms with van der Waals surface area (Å²) >= 11 is 4.84. The van der Waals surface area contributed by atoms with Gasteiger partial charge in [-0.25, -0.2) is 4.98 Å². The fraction of sp³-hybridized carbons (Fsp3) is 0.167. The topological polar surface area (TPSA) is 67.1 Å². The Hall–Kier alpha value is -1.23. The van der Waals surface area contributed by atoms with E-state index in [2.05, 4.69) is 15.0 Å². The van der Waals surface area contributed by atoms with Gasteiger partial charge >= 0.3 is 0 Å². The number of rotatable bonds is 0. The molecule has 0 atom stereocenters. The number of aromatic amines is 1. The number of nitrogens with one attached hydrogen (secondary N) is 1. The van der Waals surface area contributed by atoms with Crippen LogP contribution >= 0.6 is 12.2 Å². The van der Waals surface area contributed by atoms with E-state index in [1.807, 2.05) is 0 Å². The lowest BCUT2D eigenvalue weighted by molar-refractivity contribution is 0.985. The molecule has 0 radical (unpaired) electrons. The van der Waals surface area contributed by atoms with Crippen LogP contribution in [0.1, 0.15) is 11.3 Å². The van der Waals surface area contributed by atoms with Crippen LogP contribution in [0.4, 0.5) is 5.82 Å². The van der Waals surface area contributed by atoms with Crippen molar-refractivity contribution in [3.8, 4) is 0 Å². The molecule has 0 aromatic carbocycles. The summed E-state index contributed by atoms with van der Waals surface area (Å²) in [6.45, 7) is 0.631. The molecule has 1 aliphatic rings. The molecule has 5 heteroatoms. The molecule has 0 bridgehead atoms. The molecule has 1 aromatic heterocycles. The van der Waals surface area contributed by atoms with Gasteiger partial charge in [0.2, 0.25) is 0 Å². The van der Waals surface area contributed by atoms with Gasteiger partial charge in [0.25, 0.3) is 0 Å². The highest BCUT2D eigenvalue weighted by molar-refractivity contribution is 7.71. The lowest BCUT2D eigenvalue weighted by atomic mass is 10.2. The molecule has 0 aliphatic carbocycles. The van der Waals surface area contributed by atoms with Crippen LogP contribution < -0.4 is 5.73 Å². The molecule has 1 aliphatic heterocycles. The van der Waals surface area contributed by atoms with Crippen molar-refractivity contribution in [1.82, 2.24) is 9.97 Å². The van der Waals surface area contributed by atoms with Gasteiger partial charge in [-0.1, -0.05) is 0 Å². The fourth-order valence-corrected chi connectivity index (χ4v) is 1.27. The first-order chi connectivity index (χ1) is 5.27. The molecule has 2 heterocycles. The summed E-state index contributed by atoms with van der Waals surface area (Å²) in [6.07, 6.45) is 1.71. The summed E-state index contributed by atoms with van der Waals surface area (Å²) in [7, 11) is 0. The van der Waals surface area contributed by atoms with Crippen molar-refractivity contribution in [1.29, 1.82) is 0 Å². The standard InChI is InChI=1S/C6H6N4S/c7-5-3-1-8-2-4(3)9-6(11)10-5/h1H,2H2,(H3,7,9,10,11). The first kappa shape index (κ1) is 6.48. The number of fused-ring (bicyclic) bond motifs is 1. The average Bonchev–Trinajstić information content (AvgIpc) is 2.34. The third kappa shape index (κ3) is 0.932. The molecule has 0 spiro atoms. The maximum absolute atomic E-state index is 5.58. The molecule has 2 rings (SSSR count). The Kier molecular flexibility index (Phi) is 1.25. The molecule has 0 unspecified atom stereocenters. The van der Waals surface area contributed by atoms with Crippen molar-refractivity contribution >= 4 is 24.3 Å². The quantitative estimate of drug-likeness (QED) is 0.556. The highest BCUT2D eigenvalue weighted by Crippen LogP contribution is 2.15. The highest BCUT2D eigenvalue weighted by atomic mass is 32.1. The number of anilines is 1. The molecule has 0 amide bonds. The molecule has 0 saturated carbocycles. The maximum Gasteiger partial charge on any atom is 0.199 e. The second-order valence-electron chi connectivity index (χ2n) is 2.29. The highest BCUT2D eigenvalue weighted by Gasteiger charge is 2.10. The van der Waals surface area contributed by atoms with E-state index in [-0.39, 0.29) is 0 Å². The van der Waals surface area contributed by atoms with Gasteiger partial charge in [-0.05, 0) is 12.2 Å². The van der Waals surface area contributed by atoms with Crippen molar-refractivity contribution in [3.05, 3.63) is 16.0 Å². The predicted octanol–water partition coefficient (Wildman–Crippen LogP) is 0.654. The van der Waals surface area contributed by atoms with Gasteiger partial charge in [-0.3, -0.25) is 4.99 Å². The number of H-pyrrole nitrogens is 1. The SMILES string of the molecule is Nc1nc(=S)[nH]c2c1C=NC2. The smallest absolute Gasteiger partial charge is 0.199 e. The van der Waals surface area contributed by atoms with E-state index < -0.39 is 0 Å². The average molecular weight is 166 g/mol. The fourth-order valence-electron chi connectivity index (χ4n) is 1.05. The molecule has 11 heavy (non-hydrogen) atoms. The number of nitrogen functional groups attached to an aromatic ring is 1. The first-order valence-electron chi connectivity index (χ1n) is 3.16. The van der Waals surface area contributed by atoms with E-state index in [1.165, 1.54) is 0 Å². The van der Waals surface area contributed by atoms with Crippen LogP contribution in [0.5, 0.6) is 0 Å². The summed E-state index contributed by atoms with van der Waals surface area (Å²) < 4.78 is 0.423. The van der Waals surface area contributed by atoms with E-state index in [4.69, 9.17) is 18.0 Å². The van der Waals surface area contributed by atoms with Crippen LogP contribution in [-0.2, 0) is 6.54 Å². The van der Waals surface area contributed by atoms with Gasteiger partial charge in [0, 0.05) is 6.21 Å². The summed E-state index contributed by atoms with van der Waals surface area (Å²) in [4.78, 5) is 10.8. The minimum atomic E-state index is 0.423. The molecule has 4 nitrogen and oxygen atoms in total. The molecule has 3 N–H and O–H groups in total. The molecular formula is C6H6N4S. The minimum absolute atomic E-state index is 0.423. The Balaban J connectivity index is 2.76. The number of nitrogens with two attached hydrogens (primary N) is 1. The lowest BCUT2D eigenvalue weighted by Gasteiger charge is -1.98. The van der Waals surface area contributed by atoms with E-state index in [9.17, 15) is 0 Å². The monoisotopic (exact) mass is 166 g/mol. The van der Waals surface area contributed by atoms with Crippen molar-refractivity contribution in [2.75, 3.05) is 5.73 Å². The van der Waals surface area contributed by atoms with E-state index >= 15 is 0 Å². The van der Waals surface area contributed by atoms with Crippen molar-refractivity contribution in [2.45, 2.75) is 6.54 Å². The minimum Gasteiger partial charge on any atom is -0.383 e. The summed E-state index contributed by atoms with van der Waals surface area (Å²) in [5, 5.41) is 0. The first-order valence-corrected chi connectivity index (χ1v) is 3.56. The zero-order valence-electron chi connectivity index (χ0n) is 5.66.